The highest BCUT2D eigenvalue weighted by atomic mass is 16.5. The van der Waals surface area contributed by atoms with Gasteiger partial charge in [0.1, 0.15) is 0 Å². The Balaban J connectivity index is 1.91. The second-order valence-corrected chi connectivity index (χ2v) is 8.57. The number of carboxylic acids is 1. The van der Waals surface area contributed by atoms with Gasteiger partial charge in [-0.1, -0.05) is 12.8 Å². The number of carbonyl (C=O) groups is 3. The van der Waals surface area contributed by atoms with Crippen LogP contribution >= 0.6 is 0 Å². The van der Waals surface area contributed by atoms with Crippen molar-refractivity contribution in [3.05, 3.63) is 0 Å². The fourth-order valence-electron chi connectivity index (χ4n) is 4.70. The first-order valence-electron chi connectivity index (χ1n) is 11.2. The smallest absolute Gasteiger partial charge is 0.308 e. The molecule has 2 N–H and O–H groups in total. The van der Waals surface area contributed by atoms with Crippen LogP contribution in [0.4, 0.5) is 0 Å². The molecule has 0 aromatic rings. The minimum absolute atomic E-state index is 0.0295. The van der Waals surface area contributed by atoms with Gasteiger partial charge in [0.15, 0.2) is 0 Å². The molecule has 2 aliphatic carbocycles. The fraction of sp³-hybridized carbons (Fsp3) is 0.864. The van der Waals surface area contributed by atoms with Crippen LogP contribution in [0.25, 0.3) is 0 Å². The molecule has 1 amide bonds. The molecule has 2 aliphatic rings. The van der Waals surface area contributed by atoms with Crippen LogP contribution in [0.2, 0.25) is 0 Å². The summed E-state index contributed by atoms with van der Waals surface area (Å²) in [5.74, 6) is -1.92. The zero-order valence-corrected chi connectivity index (χ0v) is 18.3. The van der Waals surface area contributed by atoms with Crippen molar-refractivity contribution in [2.75, 3.05) is 33.5 Å². The predicted molar refractivity (Wildman–Crippen MR) is 110 cm³/mol. The maximum atomic E-state index is 13.2. The summed E-state index contributed by atoms with van der Waals surface area (Å²) >= 11 is 0. The molecule has 0 bridgehead atoms. The van der Waals surface area contributed by atoms with Crippen molar-refractivity contribution in [3.63, 3.8) is 0 Å². The molecule has 8 heteroatoms. The fourth-order valence-corrected chi connectivity index (χ4v) is 4.70. The third-order valence-electron chi connectivity index (χ3n) is 6.46. The van der Waals surface area contributed by atoms with E-state index < -0.39 is 17.3 Å². The summed E-state index contributed by atoms with van der Waals surface area (Å²) in [5.41, 5.74) is -0.647. The van der Waals surface area contributed by atoms with Crippen molar-refractivity contribution in [1.82, 2.24) is 5.32 Å². The van der Waals surface area contributed by atoms with Gasteiger partial charge < -0.3 is 24.6 Å². The van der Waals surface area contributed by atoms with Crippen molar-refractivity contribution in [2.24, 2.45) is 17.3 Å². The van der Waals surface area contributed by atoms with Gasteiger partial charge in [-0.25, -0.2) is 0 Å². The molecule has 0 aromatic carbocycles. The molecule has 0 aromatic heterocycles. The Morgan fingerprint density at radius 3 is 2.33 bits per heavy atom. The molecule has 1 atom stereocenters. The highest BCUT2D eigenvalue weighted by molar-refractivity contribution is 5.84. The molecule has 172 valence electrons. The predicted octanol–water partition coefficient (Wildman–Crippen LogP) is 2.54. The van der Waals surface area contributed by atoms with E-state index >= 15 is 0 Å². The standard InChI is InChI=1S/C22H37NO7/c1-3-30-20(26)16-6-8-18(9-7-16)23-21(27)22(10-4-5-11-22)14-17(19(24)25)15-29-13-12-28-2/h16-18H,3-15H2,1-2H3,(H,23,27)(H,24,25)/t16?,17-,18?/m0/s1. The number of hydrogen-bond donors (Lipinski definition) is 2. The van der Waals surface area contributed by atoms with Gasteiger partial charge in [0.2, 0.25) is 5.91 Å². The van der Waals surface area contributed by atoms with Crippen molar-refractivity contribution in [2.45, 2.75) is 70.8 Å². The second kappa shape index (κ2) is 12.2. The second-order valence-electron chi connectivity index (χ2n) is 8.57. The Kier molecular flexibility index (Phi) is 10.0. The van der Waals surface area contributed by atoms with Crippen LogP contribution in [-0.4, -0.2) is 62.5 Å². The lowest BCUT2D eigenvalue weighted by Gasteiger charge is -2.34. The molecule has 0 aliphatic heterocycles. The van der Waals surface area contributed by atoms with Crippen molar-refractivity contribution in [1.29, 1.82) is 0 Å². The first-order chi connectivity index (χ1) is 14.4. The monoisotopic (exact) mass is 427 g/mol. The third-order valence-corrected chi connectivity index (χ3v) is 6.46. The normalized spacial score (nSPS) is 24.2. The summed E-state index contributed by atoms with van der Waals surface area (Å²) in [6, 6.07) is 0.0295. The van der Waals surface area contributed by atoms with Crippen LogP contribution in [0.3, 0.4) is 0 Å². The Bertz CT molecular complexity index is 566. The molecular weight excluding hydrogens is 390 g/mol. The minimum Gasteiger partial charge on any atom is -0.481 e. The SMILES string of the molecule is CCOC(=O)C1CCC(NC(=O)C2(C[C@@H](COCCOC)C(=O)O)CCCC2)CC1. The third kappa shape index (κ3) is 6.94. The van der Waals surface area contributed by atoms with E-state index in [1.54, 1.807) is 14.0 Å². The number of ether oxygens (including phenoxy) is 3. The van der Waals surface area contributed by atoms with Crippen LogP contribution in [0, 0.1) is 17.3 Å². The van der Waals surface area contributed by atoms with Crippen LogP contribution in [0.15, 0.2) is 0 Å². The van der Waals surface area contributed by atoms with Crippen LogP contribution in [0.1, 0.15) is 64.7 Å². The number of nitrogens with one attached hydrogen (secondary N) is 1. The van der Waals surface area contributed by atoms with Gasteiger partial charge in [-0.3, -0.25) is 14.4 Å². The van der Waals surface area contributed by atoms with E-state index in [0.717, 1.165) is 25.7 Å². The number of aliphatic carboxylic acids is 1. The number of esters is 1. The van der Waals surface area contributed by atoms with Gasteiger partial charge in [-0.05, 0) is 51.9 Å². The lowest BCUT2D eigenvalue weighted by Crippen LogP contribution is -2.47. The van der Waals surface area contributed by atoms with E-state index in [4.69, 9.17) is 14.2 Å². The molecule has 0 heterocycles. The maximum Gasteiger partial charge on any atom is 0.308 e. The van der Waals surface area contributed by atoms with E-state index in [-0.39, 0.29) is 30.4 Å². The summed E-state index contributed by atoms with van der Waals surface area (Å²) in [6.07, 6.45) is 6.47. The van der Waals surface area contributed by atoms with E-state index in [2.05, 4.69) is 5.32 Å². The molecule has 0 saturated heterocycles. The Labute approximate surface area is 179 Å². The van der Waals surface area contributed by atoms with Crippen molar-refractivity contribution >= 4 is 17.8 Å². The molecule has 0 spiro atoms. The van der Waals surface area contributed by atoms with Crippen molar-refractivity contribution < 1.29 is 33.7 Å². The average molecular weight is 428 g/mol. The first kappa shape index (κ1) is 24.6. The summed E-state index contributed by atoms with van der Waals surface area (Å²) in [7, 11) is 1.57. The highest BCUT2D eigenvalue weighted by Crippen LogP contribution is 2.44. The summed E-state index contributed by atoms with van der Waals surface area (Å²) in [4.78, 5) is 36.9. The number of rotatable bonds is 12. The number of carboxylic acid groups (broad SMARTS) is 1. The number of carbonyl (C=O) groups excluding carboxylic acids is 2. The Morgan fingerprint density at radius 1 is 1.10 bits per heavy atom. The van der Waals surface area contributed by atoms with Gasteiger partial charge in [0, 0.05) is 13.2 Å². The molecule has 0 radical (unpaired) electrons. The average Bonchev–Trinajstić information content (AvgIpc) is 3.21. The topological polar surface area (TPSA) is 111 Å². The summed E-state index contributed by atoms with van der Waals surface area (Å²) in [5, 5.41) is 12.8. The molecule has 2 saturated carbocycles. The van der Waals surface area contributed by atoms with Gasteiger partial charge in [0.05, 0.1) is 43.7 Å². The molecule has 8 nitrogen and oxygen atoms in total. The molecule has 2 rings (SSSR count). The van der Waals surface area contributed by atoms with E-state index in [9.17, 15) is 19.5 Å². The van der Waals surface area contributed by atoms with E-state index in [1.165, 1.54) is 0 Å². The highest BCUT2D eigenvalue weighted by Gasteiger charge is 2.45. The van der Waals surface area contributed by atoms with Crippen molar-refractivity contribution in [3.8, 4) is 0 Å². The summed E-state index contributed by atoms with van der Waals surface area (Å²) < 4.78 is 15.5. The van der Waals surface area contributed by atoms with Gasteiger partial charge in [-0.15, -0.1) is 0 Å². The largest absolute Gasteiger partial charge is 0.481 e. The van der Waals surface area contributed by atoms with Gasteiger partial charge in [0.25, 0.3) is 0 Å². The van der Waals surface area contributed by atoms with Gasteiger partial charge in [-0.2, -0.15) is 0 Å². The quantitative estimate of drug-likeness (QED) is 0.364. The van der Waals surface area contributed by atoms with E-state index in [1.807, 2.05) is 0 Å². The first-order valence-corrected chi connectivity index (χ1v) is 11.2. The number of hydrogen-bond acceptors (Lipinski definition) is 6. The molecule has 2 fully saturated rings. The van der Waals surface area contributed by atoms with Gasteiger partial charge >= 0.3 is 11.9 Å². The lowest BCUT2D eigenvalue weighted by molar-refractivity contribution is -0.149. The zero-order valence-electron chi connectivity index (χ0n) is 18.3. The lowest BCUT2D eigenvalue weighted by atomic mass is 9.76. The molecule has 0 unspecified atom stereocenters. The van der Waals surface area contributed by atoms with Crippen LogP contribution in [0.5, 0.6) is 0 Å². The maximum absolute atomic E-state index is 13.2. The Hall–Kier alpha value is -1.67. The molecule has 30 heavy (non-hydrogen) atoms. The number of methoxy groups -OCH3 is 1. The van der Waals surface area contributed by atoms with Crippen LogP contribution < -0.4 is 5.32 Å². The summed E-state index contributed by atoms with van der Waals surface area (Å²) in [6.45, 7) is 3.02. The zero-order chi connectivity index (χ0) is 22.0. The Morgan fingerprint density at radius 2 is 1.77 bits per heavy atom. The van der Waals surface area contributed by atoms with E-state index in [0.29, 0.717) is 51.9 Å². The number of amides is 1. The van der Waals surface area contributed by atoms with Crippen LogP contribution in [-0.2, 0) is 28.6 Å². The molecular formula is C22H37NO7. The minimum atomic E-state index is -0.929.